The van der Waals surface area contributed by atoms with Crippen molar-refractivity contribution in [3.8, 4) is 44.8 Å². The second-order valence-electron chi connectivity index (χ2n) is 14.8. The molecule has 2 heteroatoms. The third kappa shape index (κ3) is 5.33. The molecule has 0 bridgehead atoms. The molecule has 8 aromatic carbocycles. The van der Waals surface area contributed by atoms with Crippen molar-refractivity contribution < 1.29 is 0 Å². The topological polar surface area (TPSA) is 9.86 Å². The number of hydrogen-bond acceptors (Lipinski definition) is 0. The van der Waals surface area contributed by atoms with E-state index in [0.717, 1.165) is 18.5 Å². The fraction of sp³-hybridized carbons (Fsp3) is 0.0370. The van der Waals surface area contributed by atoms with Gasteiger partial charge in [0.25, 0.3) is 0 Å². The first kappa shape index (κ1) is 32.3. The Hall–Kier alpha value is -7.16. The van der Waals surface area contributed by atoms with Crippen LogP contribution in [0.25, 0.3) is 93.9 Å². The lowest BCUT2D eigenvalue weighted by atomic mass is 9.96. The van der Waals surface area contributed by atoms with Crippen LogP contribution >= 0.6 is 0 Å². The highest BCUT2D eigenvalue weighted by molar-refractivity contribution is 6.13. The molecule has 264 valence electrons. The van der Waals surface area contributed by atoms with Gasteiger partial charge in [-0.1, -0.05) is 146 Å². The van der Waals surface area contributed by atoms with Crippen molar-refractivity contribution in [1.82, 2.24) is 9.13 Å². The number of rotatable bonds is 6. The zero-order chi connectivity index (χ0) is 37.0. The Morgan fingerprint density at radius 3 is 1.61 bits per heavy atom. The lowest BCUT2D eigenvalue weighted by Crippen LogP contribution is -1.97. The number of allylic oxidation sites excluding steroid dienone is 4. The van der Waals surface area contributed by atoms with Gasteiger partial charge >= 0.3 is 0 Å². The molecule has 1 aliphatic rings. The van der Waals surface area contributed by atoms with E-state index in [1.807, 2.05) is 0 Å². The van der Waals surface area contributed by atoms with E-state index < -0.39 is 0 Å². The molecular weight excluding hydrogens is 677 g/mol. The zero-order valence-electron chi connectivity index (χ0n) is 30.9. The lowest BCUT2D eigenvalue weighted by molar-refractivity contribution is 1.04. The second-order valence-corrected chi connectivity index (χ2v) is 14.8. The predicted octanol–water partition coefficient (Wildman–Crippen LogP) is 14.6. The van der Waals surface area contributed by atoms with E-state index in [2.05, 4.69) is 215 Å². The van der Waals surface area contributed by atoms with Gasteiger partial charge in [0.15, 0.2) is 0 Å². The first-order valence-electron chi connectivity index (χ1n) is 19.6. The van der Waals surface area contributed by atoms with Crippen LogP contribution in [0.2, 0.25) is 0 Å². The number of aromatic nitrogens is 2. The maximum Gasteiger partial charge on any atom is 0.0541 e. The first-order valence-corrected chi connectivity index (χ1v) is 19.6. The van der Waals surface area contributed by atoms with E-state index in [1.54, 1.807) is 0 Å². The van der Waals surface area contributed by atoms with Crippen molar-refractivity contribution in [2.24, 2.45) is 0 Å². The maximum absolute atomic E-state index is 2.43. The Kier molecular flexibility index (Phi) is 7.67. The lowest BCUT2D eigenvalue weighted by Gasteiger charge is -2.14. The number of nitrogens with zero attached hydrogens (tertiary/aromatic N) is 2. The summed E-state index contributed by atoms with van der Waals surface area (Å²) in [5, 5.41) is 5.01. The third-order valence-corrected chi connectivity index (χ3v) is 11.6. The standard InChI is InChI=1S/C54H38N2/c1-3-14-37(15-4-1)40-18-13-19-41(34-40)38-26-30-44(31-27-38)55-51-24-11-8-21-46(51)48-35-42(28-32-53(48)55)43-29-33-54-49(36-43)47-22-9-12-25-52(47)56(54)50-23-10-7-20-45(50)39-16-5-2-6-17-39/h2-3,5-36H,1,4H2. The van der Waals surface area contributed by atoms with Crippen LogP contribution in [0.1, 0.15) is 18.4 Å². The Bertz CT molecular complexity index is 3170. The van der Waals surface area contributed by atoms with Gasteiger partial charge in [-0.05, 0) is 112 Å². The van der Waals surface area contributed by atoms with Crippen molar-refractivity contribution in [2.75, 3.05) is 0 Å². The molecule has 0 unspecified atom stereocenters. The first-order chi connectivity index (χ1) is 27.8. The number of benzene rings is 8. The Morgan fingerprint density at radius 1 is 0.339 bits per heavy atom. The van der Waals surface area contributed by atoms with Crippen LogP contribution in [0.5, 0.6) is 0 Å². The van der Waals surface area contributed by atoms with E-state index in [1.165, 1.54) is 93.8 Å². The normalized spacial score (nSPS) is 12.9. The summed E-state index contributed by atoms with van der Waals surface area (Å²) in [4.78, 5) is 0. The van der Waals surface area contributed by atoms with Crippen molar-refractivity contribution in [3.63, 3.8) is 0 Å². The molecule has 1 aliphatic carbocycles. The molecule has 0 N–H and O–H groups in total. The van der Waals surface area contributed by atoms with Crippen LogP contribution in [0.3, 0.4) is 0 Å². The van der Waals surface area contributed by atoms with Crippen LogP contribution in [0, 0.1) is 0 Å². The average Bonchev–Trinajstić information content (AvgIpc) is 3.79. The molecule has 0 radical (unpaired) electrons. The van der Waals surface area contributed by atoms with Crippen LogP contribution in [-0.2, 0) is 0 Å². The SMILES string of the molecule is C1=CC(c2cccc(-c3ccc(-n4c5ccccc5c5cc(-c6ccc7c(c6)c6ccccc6n7-c6ccccc6-c6ccccc6)ccc54)cc3)c2)=CCC1. The zero-order valence-corrected chi connectivity index (χ0v) is 30.9. The molecular formula is C54H38N2. The maximum atomic E-state index is 2.43. The van der Waals surface area contributed by atoms with Crippen molar-refractivity contribution in [1.29, 1.82) is 0 Å². The van der Waals surface area contributed by atoms with Gasteiger partial charge in [-0.3, -0.25) is 0 Å². The van der Waals surface area contributed by atoms with Gasteiger partial charge in [0.2, 0.25) is 0 Å². The minimum absolute atomic E-state index is 1.11. The summed E-state index contributed by atoms with van der Waals surface area (Å²) in [7, 11) is 0. The van der Waals surface area contributed by atoms with Gasteiger partial charge in [-0.2, -0.15) is 0 Å². The van der Waals surface area contributed by atoms with E-state index in [-0.39, 0.29) is 0 Å². The monoisotopic (exact) mass is 714 g/mol. The quantitative estimate of drug-likeness (QED) is 0.162. The molecule has 0 amide bonds. The molecule has 56 heavy (non-hydrogen) atoms. The Labute approximate surface area is 326 Å². The van der Waals surface area contributed by atoms with Crippen molar-refractivity contribution >= 4 is 49.2 Å². The number of para-hydroxylation sites is 3. The highest BCUT2D eigenvalue weighted by atomic mass is 15.0. The molecule has 10 aromatic rings. The summed E-state index contributed by atoms with van der Waals surface area (Å²) in [6, 6.07) is 69.0. The minimum Gasteiger partial charge on any atom is -0.309 e. The van der Waals surface area contributed by atoms with Crippen LogP contribution in [0.15, 0.2) is 206 Å². The van der Waals surface area contributed by atoms with E-state index >= 15 is 0 Å². The molecule has 2 heterocycles. The highest BCUT2D eigenvalue weighted by Gasteiger charge is 2.18. The summed E-state index contributed by atoms with van der Waals surface area (Å²) in [6.45, 7) is 0. The largest absolute Gasteiger partial charge is 0.309 e. The van der Waals surface area contributed by atoms with E-state index in [0.29, 0.717) is 0 Å². The average molecular weight is 715 g/mol. The molecule has 0 saturated carbocycles. The second kappa shape index (κ2) is 13.3. The fourth-order valence-corrected chi connectivity index (χ4v) is 8.88. The molecule has 11 rings (SSSR count). The minimum atomic E-state index is 1.11. The number of fused-ring (bicyclic) bond motifs is 6. The highest BCUT2D eigenvalue weighted by Crippen LogP contribution is 2.40. The summed E-state index contributed by atoms with van der Waals surface area (Å²) < 4.78 is 4.84. The van der Waals surface area contributed by atoms with E-state index in [9.17, 15) is 0 Å². The van der Waals surface area contributed by atoms with Crippen LogP contribution in [-0.4, -0.2) is 9.13 Å². The molecule has 0 fully saturated rings. The van der Waals surface area contributed by atoms with Gasteiger partial charge < -0.3 is 9.13 Å². The van der Waals surface area contributed by atoms with Gasteiger partial charge in [0.05, 0.1) is 27.8 Å². The Balaban J connectivity index is 1.00. The summed E-state index contributed by atoms with van der Waals surface area (Å²) in [6.07, 6.45) is 9.11. The van der Waals surface area contributed by atoms with Gasteiger partial charge in [-0.15, -0.1) is 0 Å². The van der Waals surface area contributed by atoms with Crippen LogP contribution in [0.4, 0.5) is 0 Å². The molecule has 0 atom stereocenters. The van der Waals surface area contributed by atoms with Crippen molar-refractivity contribution in [3.05, 3.63) is 212 Å². The smallest absolute Gasteiger partial charge is 0.0541 e. The molecule has 2 aromatic heterocycles. The van der Waals surface area contributed by atoms with E-state index in [4.69, 9.17) is 0 Å². The molecule has 0 spiro atoms. The van der Waals surface area contributed by atoms with Crippen molar-refractivity contribution in [2.45, 2.75) is 12.8 Å². The fourth-order valence-electron chi connectivity index (χ4n) is 8.88. The molecule has 2 nitrogen and oxygen atoms in total. The summed E-state index contributed by atoms with van der Waals surface area (Å²) in [5.41, 5.74) is 17.1. The van der Waals surface area contributed by atoms with Gasteiger partial charge in [0, 0.05) is 32.8 Å². The van der Waals surface area contributed by atoms with Crippen LogP contribution < -0.4 is 0 Å². The Morgan fingerprint density at radius 2 is 0.893 bits per heavy atom. The third-order valence-electron chi connectivity index (χ3n) is 11.6. The molecule has 0 aliphatic heterocycles. The summed E-state index contributed by atoms with van der Waals surface area (Å²) >= 11 is 0. The molecule has 0 saturated heterocycles. The number of hydrogen-bond donors (Lipinski definition) is 0. The van der Waals surface area contributed by atoms with Gasteiger partial charge in [0.1, 0.15) is 0 Å². The summed E-state index contributed by atoms with van der Waals surface area (Å²) in [5.74, 6) is 0. The van der Waals surface area contributed by atoms with Gasteiger partial charge in [-0.25, -0.2) is 0 Å². The predicted molar refractivity (Wildman–Crippen MR) is 238 cm³/mol.